The Morgan fingerprint density at radius 1 is 1.03 bits per heavy atom. The molecule has 3 rings (SSSR count). The van der Waals surface area contributed by atoms with Gasteiger partial charge in [0.15, 0.2) is 0 Å². The van der Waals surface area contributed by atoms with Gasteiger partial charge in [0.2, 0.25) is 5.91 Å². The molecule has 0 spiro atoms. The standard InChI is InChI=1S/C23H26N2O6/c26-20(13-7-12-17-8-3-1-4-9-17)25-15-14-19(23(25,30)21(27)28)24-22(29)31-16-18-10-5-2-6-11-18/h1-6,8-11,19,30H,7,12-16H2,(H,24,29)(H,27,28)/t19-,23-/m0/s1. The van der Waals surface area contributed by atoms with Crippen molar-refractivity contribution in [2.75, 3.05) is 6.54 Å². The van der Waals surface area contributed by atoms with Crippen molar-refractivity contribution in [1.82, 2.24) is 10.2 Å². The molecule has 31 heavy (non-hydrogen) atoms. The van der Waals surface area contributed by atoms with Crippen LogP contribution in [-0.4, -0.2) is 51.4 Å². The number of aliphatic carboxylic acids is 1. The van der Waals surface area contributed by atoms with E-state index in [0.717, 1.165) is 16.0 Å². The quantitative estimate of drug-likeness (QED) is 0.597. The number of rotatable bonds is 8. The molecule has 0 saturated carbocycles. The first-order valence-electron chi connectivity index (χ1n) is 10.2. The number of likely N-dealkylation sites (tertiary alicyclic amines) is 1. The van der Waals surface area contributed by atoms with E-state index >= 15 is 0 Å². The molecule has 2 amide bonds. The second-order valence-electron chi connectivity index (χ2n) is 7.46. The Balaban J connectivity index is 1.56. The molecule has 1 heterocycles. The lowest BCUT2D eigenvalue weighted by molar-refractivity contribution is -0.185. The number of carboxylic acid groups (broad SMARTS) is 1. The normalized spacial score (nSPS) is 20.3. The average Bonchev–Trinajstić information content (AvgIpc) is 3.11. The van der Waals surface area contributed by atoms with Gasteiger partial charge in [0.1, 0.15) is 6.61 Å². The fraction of sp³-hybridized carbons (Fsp3) is 0.348. The number of nitrogens with zero attached hydrogens (tertiary/aromatic N) is 1. The van der Waals surface area contributed by atoms with Crippen molar-refractivity contribution in [2.45, 2.75) is 44.1 Å². The van der Waals surface area contributed by atoms with Crippen LogP contribution in [0, 0.1) is 0 Å². The van der Waals surface area contributed by atoms with Gasteiger partial charge in [-0.15, -0.1) is 0 Å². The number of alkyl carbamates (subject to hydrolysis) is 1. The first-order valence-corrected chi connectivity index (χ1v) is 10.2. The topological polar surface area (TPSA) is 116 Å². The summed E-state index contributed by atoms with van der Waals surface area (Å²) in [5.41, 5.74) is -0.672. The van der Waals surface area contributed by atoms with Gasteiger partial charge in [-0.05, 0) is 30.4 Å². The molecule has 1 fully saturated rings. The summed E-state index contributed by atoms with van der Waals surface area (Å²) in [6.45, 7) is 0.0314. The Hall–Kier alpha value is -3.39. The third kappa shape index (κ3) is 5.40. The molecular weight excluding hydrogens is 400 g/mol. The third-order valence-corrected chi connectivity index (χ3v) is 5.36. The highest BCUT2D eigenvalue weighted by Crippen LogP contribution is 2.29. The number of benzene rings is 2. The van der Waals surface area contributed by atoms with Crippen LogP contribution in [0.3, 0.4) is 0 Å². The zero-order valence-corrected chi connectivity index (χ0v) is 17.1. The fourth-order valence-corrected chi connectivity index (χ4v) is 3.70. The van der Waals surface area contributed by atoms with Crippen LogP contribution in [0.1, 0.15) is 30.4 Å². The number of hydrogen-bond acceptors (Lipinski definition) is 5. The van der Waals surface area contributed by atoms with Crippen molar-refractivity contribution in [1.29, 1.82) is 0 Å². The van der Waals surface area contributed by atoms with Gasteiger partial charge < -0.3 is 25.2 Å². The third-order valence-electron chi connectivity index (χ3n) is 5.36. The second kappa shape index (κ2) is 10.1. The molecule has 1 saturated heterocycles. The predicted molar refractivity (Wildman–Crippen MR) is 112 cm³/mol. The first kappa shape index (κ1) is 22.3. The van der Waals surface area contributed by atoms with E-state index in [0.29, 0.717) is 12.8 Å². The zero-order valence-electron chi connectivity index (χ0n) is 17.1. The number of hydrogen-bond donors (Lipinski definition) is 3. The van der Waals surface area contributed by atoms with Crippen LogP contribution in [0.2, 0.25) is 0 Å². The maximum atomic E-state index is 12.7. The largest absolute Gasteiger partial charge is 0.478 e. The lowest BCUT2D eigenvalue weighted by Gasteiger charge is -2.33. The molecule has 164 valence electrons. The minimum Gasteiger partial charge on any atom is -0.478 e. The summed E-state index contributed by atoms with van der Waals surface area (Å²) in [7, 11) is 0. The molecule has 0 bridgehead atoms. The number of carbonyl (C=O) groups is 3. The molecule has 1 aliphatic heterocycles. The van der Waals surface area contributed by atoms with Gasteiger partial charge in [-0.3, -0.25) is 4.79 Å². The van der Waals surface area contributed by atoms with E-state index in [4.69, 9.17) is 4.74 Å². The Bertz CT molecular complexity index is 905. The summed E-state index contributed by atoms with van der Waals surface area (Å²) in [6, 6.07) is 17.5. The molecule has 2 aromatic carbocycles. The molecule has 0 radical (unpaired) electrons. The van der Waals surface area contributed by atoms with Gasteiger partial charge in [-0.2, -0.15) is 0 Å². The monoisotopic (exact) mass is 426 g/mol. The summed E-state index contributed by atoms with van der Waals surface area (Å²) in [6.07, 6.45) is 0.529. The summed E-state index contributed by atoms with van der Waals surface area (Å²) in [4.78, 5) is 37.6. The summed E-state index contributed by atoms with van der Waals surface area (Å²) < 4.78 is 5.12. The number of amides is 2. The summed E-state index contributed by atoms with van der Waals surface area (Å²) in [5.74, 6) is -2.06. The number of aliphatic hydroxyl groups is 1. The van der Waals surface area contributed by atoms with Crippen LogP contribution in [-0.2, 0) is 27.4 Å². The highest BCUT2D eigenvalue weighted by atomic mass is 16.5. The maximum absolute atomic E-state index is 12.7. The van der Waals surface area contributed by atoms with Crippen LogP contribution >= 0.6 is 0 Å². The van der Waals surface area contributed by atoms with E-state index in [1.807, 2.05) is 36.4 Å². The minimum atomic E-state index is -2.52. The Morgan fingerprint density at radius 3 is 2.26 bits per heavy atom. The molecule has 0 aromatic heterocycles. The summed E-state index contributed by atoms with van der Waals surface area (Å²) in [5, 5.41) is 22.9. The molecule has 2 aromatic rings. The van der Waals surface area contributed by atoms with Crippen LogP contribution in [0.4, 0.5) is 4.79 Å². The molecule has 8 heteroatoms. The van der Waals surface area contributed by atoms with Gasteiger partial charge in [-0.1, -0.05) is 60.7 Å². The fourth-order valence-electron chi connectivity index (χ4n) is 3.70. The van der Waals surface area contributed by atoms with Gasteiger partial charge in [0, 0.05) is 13.0 Å². The number of carboxylic acids is 1. The number of ether oxygens (including phenoxy) is 1. The average molecular weight is 426 g/mol. The van der Waals surface area contributed by atoms with Crippen molar-refractivity contribution in [3.63, 3.8) is 0 Å². The Kier molecular flexibility index (Phi) is 7.25. The highest BCUT2D eigenvalue weighted by molar-refractivity contribution is 5.87. The zero-order chi connectivity index (χ0) is 22.3. The number of nitrogens with one attached hydrogen (secondary N) is 1. The van der Waals surface area contributed by atoms with Gasteiger partial charge in [0.25, 0.3) is 5.72 Å². The first-order chi connectivity index (χ1) is 14.9. The lowest BCUT2D eigenvalue weighted by atomic mass is 10.0. The lowest BCUT2D eigenvalue weighted by Crippen LogP contribution is -2.62. The molecule has 8 nitrogen and oxygen atoms in total. The SMILES string of the molecule is O=C(N[C@H]1CCN(C(=O)CCCc2ccccc2)[C@@]1(O)C(=O)O)OCc1ccccc1. The van der Waals surface area contributed by atoms with E-state index in [1.165, 1.54) is 0 Å². The van der Waals surface area contributed by atoms with Crippen LogP contribution < -0.4 is 5.32 Å². The minimum absolute atomic E-state index is 0.00697. The number of carbonyl (C=O) groups excluding carboxylic acids is 2. The molecular formula is C23H26N2O6. The van der Waals surface area contributed by atoms with Crippen molar-refractivity contribution in [3.05, 3.63) is 71.8 Å². The second-order valence-corrected chi connectivity index (χ2v) is 7.46. The van der Waals surface area contributed by atoms with Gasteiger partial charge in [0.05, 0.1) is 6.04 Å². The van der Waals surface area contributed by atoms with Crippen LogP contribution in [0.15, 0.2) is 60.7 Å². The van der Waals surface area contributed by atoms with Crippen LogP contribution in [0.5, 0.6) is 0 Å². The smallest absolute Gasteiger partial charge is 0.407 e. The van der Waals surface area contributed by atoms with Crippen molar-refractivity contribution in [2.24, 2.45) is 0 Å². The summed E-state index contributed by atoms with van der Waals surface area (Å²) >= 11 is 0. The maximum Gasteiger partial charge on any atom is 0.407 e. The van der Waals surface area contributed by atoms with Gasteiger partial charge in [-0.25, -0.2) is 9.59 Å². The molecule has 1 aliphatic rings. The van der Waals surface area contributed by atoms with E-state index < -0.39 is 29.7 Å². The Morgan fingerprint density at radius 2 is 1.65 bits per heavy atom. The molecule has 0 aliphatic carbocycles. The Labute approximate surface area is 180 Å². The molecule has 0 unspecified atom stereocenters. The number of aryl methyl sites for hydroxylation is 1. The van der Waals surface area contributed by atoms with E-state index in [9.17, 15) is 24.6 Å². The van der Waals surface area contributed by atoms with E-state index in [-0.39, 0.29) is 26.0 Å². The molecule has 3 N–H and O–H groups in total. The van der Waals surface area contributed by atoms with E-state index in [2.05, 4.69) is 5.32 Å². The van der Waals surface area contributed by atoms with Crippen molar-refractivity contribution < 1.29 is 29.3 Å². The highest BCUT2D eigenvalue weighted by Gasteiger charge is 2.56. The van der Waals surface area contributed by atoms with Gasteiger partial charge >= 0.3 is 12.1 Å². The van der Waals surface area contributed by atoms with E-state index in [1.54, 1.807) is 24.3 Å². The van der Waals surface area contributed by atoms with Crippen molar-refractivity contribution in [3.8, 4) is 0 Å². The predicted octanol–water partition coefficient (Wildman–Crippen LogP) is 2.31. The van der Waals surface area contributed by atoms with Crippen molar-refractivity contribution >= 4 is 18.0 Å². The van der Waals surface area contributed by atoms with Crippen LogP contribution in [0.25, 0.3) is 0 Å². The molecule has 2 atom stereocenters.